The maximum absolute atomic E-state index is 8.23. The molecule has 0 rings (SSSR count). The highest BCUT2D eigenvalue weighted by Gasteiger charge is 1.97. The predicted octanol–water partition coefficient (Wildman–Crippen LogP) is 1.68. The van der Waals surface area contributed by atoms with Gasteiger partial charge in [-0.15, -0.1) is 0 Å². The first-order chi connectivity index (χ1) is 4.81. The van der Waals surface area contributed by atoms with E-state index in [0.29, 0.717) is 12.6 Å². The summed E-state index contributed by atoms with van der Waals surface area (Å²) < 4.78 is 0. The summed E-state index contributed by atoms with van der Waals surface area (Å²) in [6.45, 7) is 4.77. The zero-order valence-corrected chi connectivity index (χ0v) is 6.85. The minimum Gasteiger partial charge on any atom is -0.302 e. The highest BCUT2D eigenvalue weighted by molar-refractivity contribution is 4.75. The van der Waals surface area contributed by atoms with Crippen LogP contribution in [0.4, 0.5) is 0 Å². The van der Waals surface area contributed by atoms with E-state index in [1.54, 1.807) is 0 Å². The zero-order chi connectivity index (χ0) is 7.82. The number of hydrogen-bond acceptors (Lipinski definition) is 2. The fraction of sp³-hybridized carbons (Fsp3) is 0.875. The predicted molar refractivity (Wildman–Crippen MR) is 42.6 cm³/mol. The second kappa shape index (κ2) is 6.57. The summed E-state index contributed by atoms with van der Waals surface area (Å²) in [7, 11) is 0. The van der Waals surface area contributed by atoms with Gasteiger partial charge in [0.25, 0.3) is 0 Å². The van der Waals surface area contributed by atoms with Gasteiger partial charge >= 0.3 is 0 Å². The average Bonchev–Trinajstić information content (AvgIpc) is 1.97. The van der Waals surface area contributed by atoms with Crippen molar-refractivity contribution in [2.75, 3.05) is 6.54 Å². The Hall–Kier alpha value is -0.550. The van der Waals surface area contributed by atoms with Gasteiger partial charge in [0.1, 0.15) is 0 Å². The lowest BCUT2D eigenvalue weighted by molar-refractivity contribution is 0.521. The summed E-state index contributed by atoms with van der Waals surface area (Å²) in [5, 5.41) is 11.3. The Balaban J connectivity index is 3.10. The standard InChI is InChI=1S/C8H16N2/c1-3-4-5-8(2)10-7-6-9/h8,10H,3-5,7H2,1-2H3. The third-order valence-corrected chi connectivity index (χ3v) is 1.52. The molecule has 0 aromatic carbocycles. The molecule has 10 heavy (non-hydrogen) atoms. The van der Waals surface area contributed by atoms with Crippen molar-refractivity contribution in [3.63, 3.8) is 0 Å². The maximum Gasteiger partial charge on any atom is 0.0842 e. The van der Waals surface area contributed by atoms with Crippen molar-refractivity contribution < 1.29 is 0 Å². The van der Waals surface area contributed by atoms with Gasteiger partial charge in [0.15, 0.2) is 0 Å². The Morgan fingerprint density at radius 2 is 2.30 bits per heavy atom. The molecule has 58 valence electrons. The minimum atomic E-state index is 0.477. The SMILES string of the molecule is CCCCC(C)NCC#N. The minimum absolute atomic E-state index is 0.477. The van der Waals surface area contributed by atoms with Crippen LogP contribution >= 0.6 is 0 Å². The van der Waals surface area contributed by atoms with E-state index in [2.05, 4.69) is 25.2 Å². The van der Waals surface area contributed by atoms with Gasteiger partial charge in [-0.25, -0.2) is 0 Å². The number of nitrogens with zero attached hydrogens (tertiary/aromatic N) is 1. The van der Waals surface area contributed by atoms with E-state index < -0.39 is 0 Å². The quantitative estimate of drug-likeness (QED) is 0.590. The first kappa shape index (κ1) is 9.45. The number of hydrogen-bond donors (Lipinski definition) is 1. The van der Waals surface area contributed by atoms with Gasteiger partial charge in [0, 0.05) is 6.04 Å². The topological polar surface area (TPSA) is 35.8 Å². The molecule has 0 aliphatic carbocycles. The summed E-state index contributed by atoms with van der Waals surface area (Å²) in [5.74, 6) is 0. The summed E-state index contributed by atoms with van der Waals surface area (Å²) in [5.41, 5.74) is 0. The van der Waals surface area contributed by atoms with E-state index in [0.717, 1.165) is 0 Å². The normalized spacial score (nSPS) is 12.5. The Kier molecular flexibility index (Phi) is 6.21. The maximum atomic E-state index is 8.23. The van der Waals surface area contributed by atoms with E-state index in [9.17, 15) is 0 Å². The molecular weight excluding hydrogens is 124 g/mol. The number of nitrogens with one attached hydrogen (secondary N) is 1. The fourth-order valence-corrected chi connectivity index (χ4v) is 0.832. The van der Waals surface area contributed by atoms with Crippen molar-refractivity contribution in [1.82, 2.24) is 5.32 Å². The summed E-state index contributed by atoms with van der Waals surface area (Å²) in [4.78, 5) is 0. The smallest absolute Gasteiger partial charge is 0.0842 e. The molecular formula is C8H16N2. The lowest BCUT2D eigenvalue weighted by Gasteiger charge is -2.08. The molecule has 0 spiro atoms. The Bertz CT molecular complexity index is 104. The molecule has 0 amide bonds. The summed E-state index contributed by atoms with van der Waals surface area (Å²) in [6, 6.07) is 2.56. The van der Waals surface area contributed by atoms with Gasteiger partial charge < -0.3 is 5.32 Å². The molecule has 0 aliphatic rings. The third kappa shape index (κ3) is 5.58. The molecule has 0 radical (unpaired) electrons. The number of rotatable bonds is 5. The van der Waals surface area contributed by atoms with Crippen LogP contribution in [-0.2, 0) is 0 Å². The molecule has 0 fully saturated rings. The molecule has 0 saturated carbocycles. The second-order valence-electron chi connectivity index (χ2n) is 2.58. The second-order valence-corrected chi connectivity index (χ2v) is 2.58. The molecule has 2 nitrogen and oxygen atoms in total. The third-order valence-electron chi connectivity index (χ3n) is 1.52. The zero-order valence-electron chi connectivity index (χ0n) is 6.85. The summed E-state index contributed by atoms with van der Waals surface area (Å²) >= 11 is 0. The molecule has 1 N–H and O–H groups in total. The Morgan fingerprint density at radius 3 is 2.80 bits per heavy atom. The summed E-state index contributed by atoms with van der Waals surface area (Å²) in [6.07, 6.45) is 3.66. The number of unbranched alkanes of at least 4 members (excludes halogenated alkanes) is 1. The van der Waals surface area contributed by atoms with Gasteiger partial charge in [-0.3, -0.25) is 0 Å². The molecule has 2 heteroatoms. The average molecular weight is 140 g/mol. The highest BCUT2D eigenvalue weighted by Crippen LogP contribution is 1.98. The van der Waals surface area contributed by atoms with Gasteiger partial charge in [-0.05, 0) is 13.3 Å². The van der Waals surface area contributed by atoms with Crippen LogP contribution in [0.5, 0.6) is 0 Å². The van der Waals surface area contributed by atoms with Crippen molar-refractivity contribution in [1.29, 1.82) is 5.26 Å². The molecule has 1 atom stereocenters. The lowest BCUT2D eigenvalue weighted by atomic mass is 10.1. The Morgan fingerprint density at radius 1 is 1.60 bits per heavy atom. The van der Waals surface area contributed by atoms with Crippen molar-refractivity contribution in [3.8, 4) is 6.07 Å². The van der Waals surface area contributed by atoms with Crippen molar-refractivity contribution in [2.24, 2.45) is 0 Å². The van der Waals surface area contributed by atoms with Gasteiger partial charge in [0.2, 0.25) is 0 Å². The van der Waals surface area contributed by atoms with Crippen LogP contribution in [0, 0.1) is 11.3 Å². The molecule has 0 aliphatic heterocycles. The van der Waals surface area contributed by atoms with Crippen molar-refractivity contribution >= 4 is 0 Å². The highest BCUT2D eigenvalue weighted by atomic mass is 14.9. The van der Waals surface area contributed by atoms with Crippen LogP contribution in [0.3, 0.4) is 0 Å². The lowest BCUT2D eigenvalue weighted by Crippen LogP contribution is -2.25. The molecule has 0 heterocycles. The van der Waals surface area contributed by atoms with Crippen LogP contribution in [0.15, 0.2) is 0 Å². The van der Waals surface area contributed by atoms with Gasteiger partial charge in [0.05, 0.1) is 12.6 Å². The molecule has 0 aromatic rings. The first-order valence-corrected chi connectivity index (χ1v) is 3.91. The van der Waals surface area contributed by atoms with E-state index >= 15 is 0 Å². The first-order valence-electron chi connectivity index (χ1n) is 3.91. The van der Waals surface area contributed by atoms with Gasteiger partial charge in [-0.2, -0.15) is 5.26 Å². The number of nitriles is 1. The largest absolute Gasteiger partial charge is 0.302 e. The monoisotopic (exact) mass is 140 g/mol. The fourth-order valence-electron chi connectivity index (χ4n) is 0.832. The van der Waals surface area contributed by atoms with Crippen molar-refractivity contribution in [3.05, 3.63) is 0 Å². The van der Waals surface area contributed by atoms with E-state index in [4.69, 9.17) is 5.26 Å². The Labute approximate surface area is 63.2 Å². The van der Waals surface area contributed by atoms with Crippen LogP contribution in [-0.4, -0.2) is 12.6 Å². The van der Waals surface area contributed by atoms with Crippen LogP contribution in [0.1, 0.15) is 33.1 Å². The molecule has 0 bridgehead atoms. The van der Waals surface area contributed by atoms with Crippen molar-refractivity contribution in [2.45, 2.75) is 39.2 Å². The van der Waals surface area contributed by atoms with E-state index in [1.165, 1.54) is 19.3 Å². The van der Waals surface area contributed by atoms with E-state index in [1.807, 2.05) is 0 Å². The van der Waals surface area contributed by atoms with E-state index in [-0.39, 0.29) is 0 Å². The van der Waals surface area contributed by atoms with Crippen LogP contribution in [0.2, 0.25) is 0 Å². The molecule has 0 aromatic heterocycles. The van der Waals surface area contributed by atoms with Crippen LogP contribution in [0.25, 0.3) is 0 Å². The van der Waals surface area contributed by atoms with Crippen LogP contribution < -0.4 is 5.32 Å². The van der Waals surface area contributed by atoms with Gasteiger partial charge in [-0.1, -0.05) is 19.8 Å². The molecule has 1 unspecified atom stereocenters. The molecule has 0 saturated heterocycles.